The average Bonchev–Trinajstić information content (AvgIpc) is 1.61. The molecule has 0 amide bonds. The standard InChI is InChI=1S/C8H17N.ClH/c1-7(2)4-8(3,5-7)6-9;/h4-6,9H2,1-3H3;1H. The fraction of sp³-hybridized carbons (Fsp3) is 1.00. The van der Waals surface area contributed by atoms with E-state index in [2.05, 4.69) is 20.8 Å². The minimum absolute atomic E-state index is 0. The highest BCUT2D eigenvalue weighted by Gasteiger charge is 2.44. The highest BCUT2D eigenvalue weighted by molar-refractivity contribution is 5.85. The second kappa shape index (κ2) is 2.71. The topological polar surface area (TPSA) is 26.0 Å². The van der Waals surface area contributed by atoms with Crippen LogP contribution in [0.3, 0.4) is 0 Å². The molecule has 62 valence electrons. The van der Waals surface area contributed by atoms with Gasteiger partial charge in [0, 0.05) is 0 Å². The number of nitrogens with two attached hydrogens (primary N) is 1. The van der Waals surface area contributed by atoms with Gasteiger partial charge in [0.15, 0.2) is 0 Å². The van der Waals surface area contributed by atoms with Crippen LogP contribution < -0.4 is 5.73 Å². The molecule has 1 saturated carbocycles. The number of halogens is 1. The van der Waals surface area contributed by atoms with E-state index in [0.29, 0.717) is 10.8 Å². The van der Waals surface area contributed by atoms with Gasteiger partial charge in [-0.2, -0.15) is 0 Å². The molecule has 0 saturated heterocycles. The molecule has 1 aliphatic rings. The summed E-state index contributed by atoms with van der Waals surface area (Å²) in [7, 11) is 0. The van der Waals surface area contributed by atoms with Crippen molar-refractivity contribution in [1.29, 1.82) is 0 Å². The van der Waals surface area contributed by atoms with Gasteiger partial charge in [0.2, 0.25) is 0 Å². The Balaban J connectivity index is 0.000000810. The molecular formula is C8H18ClN. The van der Waals surface area contributed by atoms with Crippen LogP contribution in [0.5, 0.6) is 0 Å². The highest BCUT2D eigenvalue weighted by Crippen LogP contribution is 2.52. The molecule has 0 aromatic heterocycles. The van der Waals surface area contributed by atoms with Gasteiger partial charge < -0.3 is 5.73 Å². The van der Waals surface area contributed by atoms with Crippen LogP contribution in [0.4, 0.5) is 0 Å². The van der Waals surface area contributed by atoms with E-state index in [-0.39, 0.29) is 12.4 Å². The Morgan fingerprint density at radius 3 is 1.70 bits per heavy atom. The van der Waals surface area contributed by atoms with Crippen molar-refractivity contribution >= 4 is 12.4 Å². The van der Waals surface area contributed by atoms with E-state index in [4.69, 9.17) is 5.73 Å². The lowest BCUT2D eigenvalue weighted by molar-refractivity contribution is 0.0113. The molecule has 0 radical (unpaired) electrons. The van der Waals surface area contributed by atoms with Crippen molar-refractivity contribution in [3.63, 3.8) is 0 Å². The summed E-state index contributed by atoms with van der Waals surface area (Å²) in [6.45, 7) is 7.75. The maximum absolute atomic E-state index is 5.59. The first-order chi connectivity index (χ1) is 3.97. The number of rotatable bonds is 1. The van der Waals surface area contributed by atoms with Crippen LogP contribution in [0.2, 0.25) is 0 Å². The second-order valence-electron chi connectivity index (χ2n) is 4.53. The molecular weight excluding hydrogens is 146 g/mol. The van der Waals surface area contributed by atoms with Gasteiger partial charge in [0.05, 0.1) is 0 Å². The van der Waals surface area contributed by atoms with Crippen LogP contribution >= 0.6 is 12.4 Å². The SMILES string of the molecule is CC1(C)CC(C)(CN)C1.Cl. The average molecular weight is 164 g/mol. The van der Waals surface area contributed by atoms with E-state index in [9.17, 15) is 0 Å². The quantitative estimate of drug-likeness (QED) is 0.630. The molecule has 0 heterocycles. The zero-order chi connectivity index (χ0) is 7.12. The molecule has 0 aromatic carbocycles. The number of hydrogen-bond acceptors (Lipinski definition) is 1. The van der Waals surface area contributed by atoms with Crippen LogP contribution in [0, 0.1) is 10.8 Å². The van der Waals surface area contributed by atoms with Crippen molar-refractivity contribution in [2.75, 3.05) is 6.54 Å². The Hall–Kier alpha value is 0.250. The summed E-state index contributed by atoms with van der Waals surface area (Å²) in [5, 5.41) is 0. The van der Waals surface area contributed by atoms with Crippen molar-refractivity contribution in [2.24, 2.45) is 16.6 Å². The van der Waals surface area contributed by atoms with Gasteiger partial charge in [0.1, 0.15) is 0 Å². The summed E-state index contributed by atoms with van der Waals surface area (Å²) in [6.07, 6.45) is 2.60. The van der Waals surface area contributed by atoms with Crippen molar-refractivity contribution in [3.05, 3.63) is 0 Å². The fourth-order valence-corrected chi connectivity index (χ4v) is 2.40. The Labute approximate surface area is 69.8 Å². The molecule has 10 heavy (non-hydrogen) atoms. The van der Waals surface area contributed by atoms with Gasteiger partial charge in [-0.3, -0.25) is 0 Å². The lowest BCUT2D eigenvalue weighted by Crippen LogP contribution is -2.45. The van der Waals surface area contributed by atoms with Crippen LogP contribution in [0.25, 0.3) is 0 Å². The minimum Gasteiger partial charge on any atom is -0.330 e. The van der Waals surface area contributed by atoms with Gasteiger partial charge in [-0.1, -0.05) is 20.8 Å². The van der Waals surface area contributed by atoms with E-state index in [1.165, 1.54) is 12.8 Å². The molecule has 0 aliphatic heterocycles. The van der Waals surface area contributed by atoms with E-state index in [1.807, 2.05) is 0 Å². The third kappa shape index (κ3) is 1.86. The van der Waals surface area contributed by atoms with Gasteiger partial charge in [-0.15, -0.1) is 12.4 Å². The third-order valence-corrected chi connectivity index (χ3v) is 2.30. The van der Waals surface area contributed by atoms with Crippen molar-refractivity contribution in [1.82, 2.24) is 0 Å². The smallest absolute Gasteiger partial charge is 0.00228 e. The first kappa shape index (κ1) is 10.2. The molecule has 1 fully saturated rings. The molecule has 0 bridgehead atoms. The lowest BCUT2D eigenvalue weighted by atomic mass is 9.55. The van der Waals surface area contributed by atoms with Gasteiger partial charge in [-0.05, 0) is 30.2 Å². The molecule has 0 spiro atoms. The second-order valence-corrected chi connectivity index (χ2v) is 4.53. The van der Waals surface area contributed by atoms with Gasteiger partial charge in [-0.25, -0.2) is 0 Å². The third-order valence-electron chi connectivity index (χ3n) is 2.30. The molecule has 0 unspecified atom stereocenters. The summed E-state index contributed by atoms with van der Waals surface area (Å²) in [6, 6.07) is 0. The first-order valence-corrected chi connectivity index (χ1v) is 3.68. The van der Waals surface area contributed by atoms with Crippen LogP contribution in [0.15, 0.2) is 0 Å². The van der Waals surface area contributed by atoms with Gasteiger partial charge >= 0.3 is 0 Å². The summed E-state index contributed by atoms with van der Waals surface area (Å²) < 4.78 is 0. The predicted molar refractivity (Wildman–Crippen MR) is 47.4 cm³/mol. The summed E-state index contributed by atoms with van der Waals surface area (Å²) in [5.41, 5.74) is 6.64. The fourth-order valence-electron chi connectivity index (χ4n) is 2.40. The van der Waals surface area contributed by atoms with Crippen molar-refractivity contribution in [2.45, 2.75) is 33.6 Å². The van der Waals surface area contributed by atoms with Crippen molar-refractivity contribution in [3.8, 4) is 0 Å². The molecule has 1 rings (SSSR count). The highest BCUT2D eigenvalue weighted by atomic mass is 35.5. The Morgan fingerprint density at radius 2 is 1.60 bits per heavy atom. The Bertz CT molecular complexity index is 112. The summed E-state index contributed by atoms with van der Waals surface area (Å²) in [4.78, 5) is 0. The monoisotopic (exact) mass is 163 g/mol. The van der Waals surface area contributed by atoms with E-state index in [1.54, 1.807) is 0 Å². The lowest BCUT2D eigenvalue weighted by Gasteiger charge is -2.51. The largest absolute Gasteiger partial charge is 0.330 e. The molecule has 0 aromatic rings. The molecule has 2 N–H and O–H groups in total. The number of hydrogen-bond donors (Lipinski definition) is 1. The van der Waals surface area contributed by atoms with Gasteiger partial charge in [0.25, 0.3) is 0 Å². The van der Waals surface area contributed by atoms with E-state index in [0.717, 1.165) is 6.54 Å². The minimum atomic E-state index is 0. The molecule has 1 aliphatic carbocycles. The normalized spacial score (nSPS) is 26.4. The zero-order valence-electron chi connectivity index (χ0n) is 7.11. The van der Waals surface area contributed by atoms with E-state index >= 15 is 0 Å². The van der Waals surface area contributed by atoms with Crippen molar-refractivity contribution < 1.29 is 0 Å². The molecule has 1 nitrogen and oxygen atoms in total. The molecule has 0 atom stereocenters. The van der Waals surface area contributed by atoms with Crippen LogP contribution in [0.1, 0.15) is 33.6 Å². The van der Waals surface area contributed by atoms with Crippen LogP contribution in [-0.2, 0) is 0 Å². The Morgan fingerprint density at radius 1 is 1.20 bits per heavy atom. The Kier molecular flexibility index (Phi) is 2.77. The summed E-state index contributed by atoms with van der Waals surface area (Å²) >= 11 is 0. The maximum atomic E-state index is 5.59. The molecule has 2 heteroatoms. The maximum Gasteiger partial charge on any atom is -0.00228 e. The first-order valence-electron chi connectivity index (χ1n) is 3.68. The van der Waals surface area contributed by atoms with E-state index < -0.39 is 0 Å². The van der Waals surface area contributed by atoms with Crippen LogP contribution in [-0.4, -0.2) is 6.54 Å². The zero-order valence-corrected chi connectivity index (χ0v) is 7.92. The predicted octanol–water partition coefficient (Wildman–Crippen LogP) is 2.19. The summed E-state index contributed by atoms with van der Waals surface area (Å²) in [5.74, 6) is 0.